The number of carbonyl (C=O) groups is 1. The van der Waals surface area contributed by atoms with E-state index in [-0.39, 0.29) is 17.5 Å². The molecule has 3 nitrogen and oxygen atoms in total. The van der Waals surface area contributed by atoms with Gasteiger partial charge in [-0.2, -0.15) is 0 Å². The molecule has 3 heteroatoms. The molecule has 3 fully saturated rings. The Morgan fingerprint density at radius 1 is 1.26 bits per heavy atom. The molecule has 0 aromatic carbocycles. The van der Waals surface area contributed by atoms with Crippen molar-refractivity contribution in [3.8, 4) is 0 Å². The maximum atomic E-state index is 12.1. The van der Waals surface area contributed by atoms with Gasteiger partial charge in [-0.25, -0.2) is 0 Å². The number of fused-ring (bicyclic) bond motifs is 2. The number of allylic oxidation sites excluding steroid dienone is 2. The van der Waals surface area contributed by atoms with E-state index in [0.717, 1.165) is 50.9 Å². The van der Waals surface area contributed by atoms with Crippen LogP contribution in [0.4, 0.5) is 0 Å². The standard InChI is InChI=1S/C16H22O3/c1-11-9-16(5-4-15-18-6-3-7-19-15)10-13(11)8-14(17)12(16)2/h13,15H,1-10H2/t13-,16-/m1/s1. The van der Waals surface area contributed by atoms with Gasteiger partial charge in [0, 0.05) is 11.8 Å². The zero-order valence-corrected chi connectivity index (χ0v) is 11.5. The van der Waals surface area contributed by atoms with Crippen LogP contribution in [0.15, 0.2) is 24.3 Å². The maximum absolute atomic E-state index is 12.1. The molecule has 1 heterocycles. The predicted molar refractivity (Wildman–Crippen MR) is 72.6 cm³/mol. The summed E-state index contributed by atoms with van der Waals surface area (Å²) < 4.78 is 11.2. The topological polar surface area (TPSA) is 35.5 Å². The summed E-state index contributed by atoms with van der Waals surface area (Å²) in [5, 5.41) is 0. The highest BCUT2D eigenvalue weighted by molar-refractivity contribution is 5.98. The lowest BCUT2D eigenvalue weighted by Crippen LogP contribution is -2.32. The number of Topliss-reactive ketones (excluding diaryl/α,β-unsaturated/α-hetero) is 1. The smallest absolute Gasteiger partial charge is 0.159 e. The number of hydrogen-bond donors (Lipinski definition) is 0. The summed E-state index contributed by atoms with van der Waals surface area (Å²) in [6.45, 7) is 9.79. The van der Waals surface area contributed by atoms with Gasteiger partial charge in [-0.05, 0) is 43.6 Å². The van der Waals surface area contributed by atoms with Gasteiger partial charge in [-0.15, -0.1) is 0 Å². The van der Waals surface area contributed by atoms with Crippen LogP contribution in [0, 0.1) is 11.3 Å². The Kier molecular flexibility index (Phi) is 3.35. The van der Waals surface area contributed by atoms with Crippen molar-refractivity contribution in [2.45, 2.75) is 44.8 Å². The van der Waals surface area contributed by atoms with Gasteiger partial charge in [0.1, 0.15) is 0 Å². The molecule has 104 valence electrons. The second-order valence-corrected chi connectivity index (χ2v) is 6.19. The second kappa shape index (κ2) is 4.88. The summed E-state index contributed by atoms with van der Waals surface area (Å²) >= 11 is 0. The largest absolute Gasteiger partial charge is 0.353 e. The minimum atomic E-state index is -0.0970. The third-order valence-electron chi connectivity index (χ3n) is 4.94. The molecule has 0 aromatic heterocycles. The van der Waals surface area contributed by atoms with Crippen LogP contribution in [-0.4, -0.2) is 25.3 Å². The van der Waals surface area contributed by atoms with E-state index in [1.807, 2.05) is 0 Å². The fourth-order valence-corrected chi connectivity index (χ4v) is 3.80. The van der Waals surface area contributed by atoms with E-state index in [1.54, 1.807) is 0 Å². The normalized spacial score (nSPS) is 36.0. The zero-order valence-electron chi connectivity index (χ0n) is 11.5. The highest BCUT2D eigenvalue weighted by atomic mass is 16.7. The molecule has 2 saturated carbocycles. The first-order valence-electron chi connectivity index (χ1n) is 7.24. The minimum Gasteiger partial charge on any atom is -0.353 e. The van der Waals surface area contributed by atoms with Gasteiger partial charge in [0.25, 0.3) is 0 Å². The SMILES string of the molecule is C=C1C[C@]2(CCC3OCCCO3)C[C@H]1CC(=O)C2=C. The Hall–Kier alpha value is -0.930. The van der Waals surface area contributed by atoms with E-state index in [9.17, 15) is 4.79 Å². The fraction of sp³-hybridized carbons (Fsp3) is 0.688. The number of hydrogen-bond acceptors (Lipinski definition) is 3. The van der Waals surface area contributed by atoms with Gasteiger partial charge in [0.05, 0.1) is 13.2 Å². The molecule has 0 N–H and O–H groups in total. The molecule has 2 bridgehead atoms. The second-order valence-electron chi connectivity index (χ2n) is 6.19. The molecule has 0 radical (unpaired) electrons. The Bertz CT molecular complexity index is 420. The van der Waals surface area contributed by atoms with Crippen molar-refractivity contribution in [1.29, 1.82) is 0 Å². The monoisotopic (exact) mass is 262 g/mol. The van der Waals surface area contributed by atoms with Crippen LogP contribution in [0.1, 0.15) is 38.5 Å². The van der Waals surface area contributed by atoms with E-state index < -0.39 is 0 Å². The van der Waals surface area contributed by atoms with Crippen LogP contribution in [0.3, 0.4) is 0 Å². The number of ether oxygens (including phenoxy) is 2. The van der Waals surface area contributed by atoms with Gasteiger partial charge < -0.3 is 9.47 Å². The Morgan fingerprint density at radius 3 is 2.74 bits per heavy atom. The van der Waals surface area contributed by atoms with Crippen molar-refractivity contribution in [3.63, 3.8) is 0 Å². The Morgan fingerprint density at radius 2 is 2.00 bits per heavy atom. The van der Waals surface area contributed by atoms with Crippen molar-refractivity contribution >= 4 is 5.78 Å². The van der Waals surface area contributed by atoms with Crippen molar-refractivity contribution in [2.75, 3.05) is 13.2 Å². The lowest BCUT2D eigenvalue weighted by atomic mass is 9.69. The Balaban J connectivity index is 1.69. The molecule has 1 aliphatic heterocycles. The molecule has 3 rings (SSSR count). The number of rotatable bonds is 3. The highest BCUT2D eigenvalue weighted by Gasteiger charge is 2.49. The zero-order chi connectivity index (χ0) is 13.5. The molecular formula is C16H22O3. The first kappa shape index (κ1) is 13.1. The lowest BCUT2D eigenvalue weighted by Gasteiger charge is -2.35. The van der Waals surface area contributed by atoms with Crippen LogP contribution in [0.25, 0.3) is 0 Å². The quantitative estimate of drug-likeness (QED) is 0.579. The van der Waals surface area contributed by atoms with Crippen LogP contribution in [0.5, 0.6) is 0 Å². The minimum absolute atomic E-state index is 0.0543. The van der Waals surface area contributed by atoms with Crippen molar-refractivity contribution < 1.29 is 14.3 Å². The summed E-state index contributed by atoms with van der Waals surface area (Å²) in [7, 11) is 0. The molecule has 0 amide bonds. The van der Waals surface area contributed by atoms with Gasteiger partial charge in [-0.3, -0.25) is 4.79 Å². The van der Waals surface area contributed by atoms with E-state index >= 15 is 0 Å². The van der Waals surface area contributed by atoms with Gasteiger partial charge in [-0.1, -0.05) is 18.7 Å². The molecule has 0 unspecified atom stereocenters. The summed E-state index contributed by atoms with van der Waals surface area (Å²) in [5.74, 6) is 0.617. The van der Waals surface area contributed by atoms with Crippen LogP contribution in [-0.2, 0) is 14.3 Å². The number of ketones is 1. The fourth-order valence-electron chi connectivity index (χ4n) is 3.80. The molecule has 0 aromatic rings. The molecule has 19 heavy (non-hydrogen) atoms. The summed E-state index contributed by atoms with van der Waals surface area (Å²) in [6.07, 6.45) is 5.25. The lowest BCUT2D eigenvalue weighted by molar-refractivity contribution is -0.183. The van der Waals surface area contributed by atoms with Crippen molar-refractivity contribution in [3.05, 3.63) is 24.3 Å². The average molecular weight is 262 g/mol. The average Bonchev–Trinajstić information content (AvgIpc) is 2.70. The highest BCUT2D eigenvalue weighted by Crippen LogP contribution is 2.57. The first-order chi connectivity index (χ1) is 9.11. The van der Waals surface area contributed by atoms with Crippen LogP contribution in [0.2, 0.25) is 0 Å². The summed E-state index contributed by atoms with van der Waals surface area (Å²) in [5.41, 5.74) is 2.00. The Labute approximate surface area is 114 Å². The predicted octanol–water partition coefficient (Wildman–Crippen LogP) is 3.01. The third-order valence-corrected chi connectivity index (χ3v) is 4.94. The molecule has 2 aliphatic carbocycles. The number of carbonyl (C=O) groups excluding carboxylic acids is 1. The first-order valence-corrected chi connectivity index (χ1v) is 7.24. The summed E-state index contributed by atoms with van der Waals surface area (Å²) in [6, 6.07) is 0. The van der Waals surface area contributed by atoms with Crippen LogP contribution >= 0.6 is 0 Å². The molecule has 2 atom stereocenters. The molecular weight excluding hydrogens is 240 g/mol. The van der Waals surface area contributed by atoms with Crippen molar-refractivity contribution in [2.24, 2.45) is 11.3 Å². The maximum Gasteiger partial charge on any atom is 0.159 e. The molecule has 0 spiro atoms. The molecule has 3 aliphatic rings. The van der Waals surface area contributed by atoms with Gasteiger partial charge in [0.15, 0.2) is 12.1 Å². The van der Waals surface area contributed by atoms with Crippen molar-refractivity contribution in [1.82, 2.24) is 0 Å². The van der Waals surface area contributed by atoms with E-state index in [2.05, 4.69) is 13.2 Å². The third kappa shape index (κ3) is 2.30. The van der Waals surface area contributed by atoms with Gasteiger partial charge in [0.2, 0.25) is 0 Å². The van der Waals surface area contributed by atoms with E-state index in [1.165, 1.54) is 5.57 Å². The van der Waals surface area contributed by atoms with E-state index in [4.69, 9.17) is 9.47 Å². The van der Waals surface area contributed by atoms with E-state index in [0.29, 0.717) is 12.3 Å². The van der Waals surface area contributed by atoms with Gasteiger partial charge >= 0.3 is 0 Å². The van der Waals surface area contributed by atoms with Crippen LogP contribution < -0.4 is 0 Å². The molecule has 1 saturated heterocycles. The summed E-state index contributed by atoms with van der Waals surface area (Å²) in [4.78, 5) is 12.1.